The van der Waals surface area contributed by atoms with Gasteiger partial charge in [-0.3, -0.25) is 4.72 Å². The Balaban J connectivity index is 2.36. The molecule has 4 nitrogen and oxygen atoms in total. The van der Waals surface area contributed by atoms with Gasteiger partial charge in [0.1, 0.15) is 11.6 Å². The fourth-order valence-electron chi connectivity index (χ4n) is 1.55. The zero-order valence-corrected chi connectivity index (χ0v) is 10.9. The molecular formula is C13H12FNO3S. The Morgan fingerprint density at radius 1 is 1.11 bits per heavy atom. The maximum atomic E-state index is 12.8. The number of sulfonamides is 1. The first-order valence-corrected chi connectivity index (χ1v) is 6.95. The Kier molecular flexibility index (Phi) is 3.44. The molecule has 0 aliphatic carbocycles. The van der Waals surface area contributed by atoms with Crippen molar-refractivity contribution < 1.29 is 17.9 Å². The summed E-state index contributed by atoms with van der Waals surface area (Å²) in [6.07, 6.45) is 0. The quantitative estimate of drug-likeness (QED) is 0.850. The summed E-state index contributed by atoms with van der Waals surface area (Å²) in [5.74, 6) is -0.686. The second-order valence-corrected chi connectivity index (χ2v) is 5.76. The fraction of sp³-hybridized carbons (Fsp3) is 0.0769. The molecule has 0 aromatic heterocycles. The second kappa shape index (κ2) is 4.89. The van der Waals surface area contributed by atoms with Gasteiger partial charge in [0.05, 0.1) is 10.6 Å². The number of rotatable bonds is 3. The van der Waals surface area contributed by atoms with Gasteiger partial charge in [0.15, 0.2) is 0 Å². The first kappa shape index (κ1) is 13.4. The van der Waals surface area contributed by atoms with Gasteiger partial charge in [0.25, 0.3) is 10.0 Å². The van der Waals surface area contributed by atoms with Gasteiger partial charge in [-0.15, -0.1) is 0 Å². The van der Waals surface area contributed by atoms with E-state index in [4.69, 9.17) is 0 Å². The lowest BCUT2D eigenvalue weighted by Crippen LogP contribution is -2.13. The van der Waals surface area contributed by atoms with Crippen molar-refractivity contribution in [3.05, 3.63) is 53.8 Å². The van der Waals surface area contributed by atoms with Crippen LogP contribution in [0.1, 0.15) is 5.56 Å². The largest absolute Gasteiger partial charge is 0.506 e. The number of aryl methyl sites for hydroxylation is 1. The zero-order valence-electron chi connectivity index (χ0n) is 10.1. The molecule has 0 atom stereocenters. The van der Waals surface area contributed by atoms with Crippen LogP contribution >= 0.6 is 0 Å². The van der Waals surface area contributed by atoms with Crippen LogP contribution in [0.15, 0.2) is 47.4 Å². The highest BCUT2D eigenvalue weighted by Crippen LogP contribution is 2.26. The maximum Gasteiger partial charge on any atom is 0.262 e. The van der Waals surface area contributed by atoms with Crippen molar-refractivity contribution >= 4 is 15.7 Å². The van der Waals surface area contributed by atoms with Crippen LogP contribution in [0.3, 0.4) is 0 Å². The van der Waals surface area contributed by atoms with E-state index < -0.39 is 15.8 Å². The number of phenols is 1. The molecule has 19 heavy (non-hydrogen) atoms. The third kappa shape index (κ3) is 3.03. The lowest BCUT2D eigenvalue weighted by atomic mass is 10.2. The van der Waals surface area contributed by atoms with Gasteiger partial charge >= 0.3 is 0 Å². The zero-order chi connectivity index (χ0) is 14.0. The van der Waals surface area contributed by atoms with Crippen molar-refractivity contribution in [3.8, 4) is 5.75 Å². The number of aromatic hydroxyl groups is 1. The molecule has 2 rings (SSSR count). The average molecular weight is 281 g/mol. The van der Waals surface area contributed by atoms with Crippen LogP contribution in [0.5, 0.6) is 5.75 Å². The molecule has 100 valence electrons. The van der Waals surface area contributed by atoms with Crippen LogP contribution in [-0.4, -0.2) is 13.5 Å². The van der Waals surface area contributed by atoms with Gasteiger partial charge < -0.3 is 5.11 Å². The Labute approximate surface area is 110 Å². The van der Waals surface area contributed by atoms with E-state index in [0.717, 1.165) is 29.8 Å². The summed E-state index contributed by atoms with van der Waals surface area (Å²) in [6, 6.07) is 9.00. The van der Waals surface area contributed by atoms with Crippen molar-refractivity contribution in [1.82, 2.24) is 0 Å². The van der Waals surface area contributed by atoms with Crippen molar-refractivity contribution in [2.75, 3.05) is 4.72 Å². The van der Waals surface area contributed by atoms with E-state index in [-0.39, 0.29) is 16.3 Å². The number of halogens is 1. The number of phenolic OH excluding ortho intramolecular Hbond substituents is 1. The molecule has 0 saturated carbocycles. The molecule has 0 heterocycles. The molecular weight excluding hydrogens is 269 g/mol. The van der Waals surface area contributed by atoms with E-state index in [1.165, 1.54) is 12.1 Å². The summed E-state index contributed by atoms with van der Waals surface area (Å²) in [5, 5.41) is 9.60. The molecule has 0 spiro atoms. The van der Waals surface area contributed by atoms with Crippen LogP contribution in [-0.2, 0) is 10.0 Å². The van der Waals surface area contributed by atoms with Crippen LogP contribution in [0.25, 0.3) is 0 Å². The number of anilines is 1. The van der Waals surface area contributed by atoms with E-state index in [2.05, 4.69) is 4.72 Å². The molecule has 0 bridgehead atoms. The Morgan fingerprint density at radius 3 is 2.37 bits per heavy atom. The van der Waals surface area contributed by atoms with E-state index in [9.17, 15) is 17.9 Å². The molecule has 2 aromatic carbocycles. The average Bonchev–Trinajstić information content (AvgIpc) is 2.34. The van der Waals surface area contributed by atoms with Gasteiger partial charge in [-0.25, -0.2) is 12.8 Å². The summed E-state index contributed by atoms with van der Waals surface area (Å²) in [7, 11) is -3.85. The summed E-state index contributed by atoms with van der Waals surface area (Å²) in [4.78, 5) is -0.0743. The predicted molar refractivity (Wildman–Crippen MR) is 70.1 cm³/mol. The molecule has 6 heteroatoms. The molecule has 0 fully saturated rings. The van der Waals surface area contributed by atoms with Gasteiger partial charge in [0, 0.05) is 0 Å². The van der Waals surface area contributed by atoms with Crippen LogP contribution in [0, 0.1) is 12.7 Å². The lowest BCUT2D eigenvalue weighted by molar-refractivity contribution is 0.477. The molecule has 0 amide bonds. The number of benzene rings is 2. The number of hydrogen-bond donors (Lipinski definition) is 2. The normalized spacial score (nSPS) is 11.3. The highest BCUT2D eigenvalue weighted by atomic mass is 32.2. The standard InChI is InChI=1S/C13H12FNO3S/c1-9-2-7-13(16)12(8-9)15-19(17,18)11-5-3-10(14)4-6-11/h2-8,15-16H,1H3. The molecule has 2 N–H and O–H groups in total. The monoisotopic (exact) mass is 281 g/mol. The summed E-state index contributed by atoms with van der Waals surface area (Å²) >= 11 is 0. The van der Waals surface area contributed by atoms with E-state index >= 15 is 0 Å². The first-order valence-electron chi connectivity index (χ1n) is 5.46. The highest BCUT2D eigenvalue weighted by Gasteiger charge is 2.16. The Hall–Kier alpha value is -2.08. The van der Waals surface area contributed by atoms with E-state index in [1.54, 1.807) is 13.0 Å². The lowest BCUT2D eigenvalue weighted by Gasteiger charge is -2.10. The second-order valence-electron chi connectivity index (χ2n) is 4.08. The Bertz CT molecular complexity index is 696. The van der Waals surface area contributed by atoms with Crippen molar-refractivity contribution in [3.63, 3.8) is 0 Å². The highest BCUT2D eigenvalue weighted by molar-refractivity contribution is 7.92. The van der Waals surface area contributed by atoms with E-state index in [0.29, 0.717) is 0 Å². The topological polar surface area (TPSA) is 66.4 Å². The molecule has 0 aliphatic rings. The minimum Gasteiger partial charge on any atom is -0.506 e. The molecule has 0 aliphatic heterocycles. The van der Waals surface area contributed by atoms with Crippen molar-refractivity contribution in [2.24, 2.45) is 0 Å². The predicted octanol–water partition coefficient (Wildman–Crippen LogP) is 2.64. The van der Waals surface area contributed by atoms with Crippen LogP contribution in [0.4, 0.5) is 10.1 Å². The SMILES string of the molecule is Cc1ccc(O)c(NS(=O)(=O)c2ccc(F)cc2)c1. The molecule has 0 unspecified atom stereocenters. The minimum absolute atomic E-state index is 0.0743. The molecule has 0 saturated heterocycles. The van der Waals surface area contributed by atoms with Gasteiger partial charge in [-0.05, 0) is 48.9 Å². The minimum atomic E-state index is -3.85. The van der Waals surface area contributed by atoms with Gasteiger partial charge in [0.2, 0.25) is 0 Å². The summed E-state index contributed by atoms with van der Waals surface area (Å²) < 4.78 is 39.1. The first-order chi connectivity index (χ1) is 8.88. The fourth-order valence-corrected chi connectivity index (χ4v) is 2.61. The van der Waals surface area contributed by atoms with Crippen molar-refractivity contribution in [2.45, 2.75) is 11.8 Å². The summed E-state index contributed by atoms with van der Waals surface area (Å²) in [5.41, 5.74) is 0.888. The number of nitrogens with one attached hydrogen (secondary N) is 1. The molecule has 2 aromatic rings. The Morgan fingerprint density at radius 2 is 1.74 bits per heavy atom. The smallest absolute Gasteiger partial charge is 0.262 e. The number of hydrogen-bond acceptors (Lipinski definition) is 3. The van der Waals surface area contributed by atoms with Crippen LogP contribution in [0.2, 0.25) is 0 Å². The summed E-state index contributed by atoms with van der Waals surface area (Å²) in [6.45, 7) is 1.77. The maximum absolute atomic E-state index is 12.8. The van der Waals surface area contributed by atoms with Crippen molar-refractivity contribution in [1.29, 1.82) is 0 Å². The van der Waals surface area contributed by atoms with Gasteiger partial charge in [-0.1, -0.05) is 6.07 Å². The van der Waals surface area contributed by atoms with E-state index in [1.807, 2.05) is 0 Å². The van der Waals surface area contributed by atoms with Crippen LogP contribution < -0.4 is 4.72 Å². The third-order valence-electron chi connectivity index (χ3n) is 2.52. The van der Waals surface area contributed by atoms with Gasteiger partial charge in [-0.2, -0.15) is 0 Å². The molecule has 0 radical (unpaired) electrons. The third-order valence-corrected chi connectivity index (χ3v) is 3.90.